The van der Waals surface area contributed by atoms with Gasteiger partial charge in [0, 0.05) is 12.1 Å². The number of nitrogens with zero attached hydrogens (tertiary/aromatic N) is 1. The number of halogens is 4. The molecule has 0 bridgehead atoms. The molecule has 0 unspecified atom stereocenters. The Kier molecular flexibility index (Phi) is 2.74. The molecule has 0 atom stereocenters. The maximum absolute atomic E-state index is 12.4. The number of rotatable bonds is 3. The molecule has 2 nitrogen and oxygen atoms in total. The van der Waals surface area contributed by atoms with Gasteiger partial charge in [-0.15, -0.1) is 11.6 Å². The first-order valence-electron chi connectivity index (χ1n) is 4.83. The quantitative estimate of drug-likeness (QED) is 0.833. The summed E-state index contributed by atoms with van der Waals surface area (Å²) >= 11 is 5.72. The maximum Gasteiger partial charge on any atom is 0.416 e. The normalized spacial score (nSPS) is 18.2. The third-order valence-corrected chi connectivity index (χ3v) is 3.10. The predicted molar refractivity (Wildman–Crippen MR) is 55.5 cm³/mol. The third kappa shape index (κ3) is 2.40. The summed E-state index contributed by atoms with van der Waals surface area (Å²) in [6.07, 6.45) is -1.45. The summed E-state index contributed by atoms with van der Waals surface area (Å²) in [7, 11) is 0. The molecule has 0 amide bonds. The lowest BCUT2D eigenvalue weighted by atomic mass is 10.2. The van der Waals surface area contributed by atoms with Crippen LogP contribution >= 0.6 is 11.6 Å². The molecular weight excluding hydrogens is 241 g/mol. The van der Waals surface area contributed by atoms with Crippen molar-refractivity contribution in [1.82, 2.24) is 4.98 Å². The predicted octanol–water partition coefficient (Wildman–Crippen LogP) is 3.28. The molecule has 0 aromatic carbocycles. The molecule has 1 aliphatic carbocycles. The van der Waals surface area contributed by atoms with Crippen molar-refractivity contribution >= 4 is 17.4 Å². The maximum atomic E-state index is 12.4. The minimum absolute atomic E-state index is 0.230. The zero-order valence-corrected chi connectivity index (χ0v) is 9.07. The fraction of sp³-hybridized carbons (Fsp3) is 0.500. The van der Waals surface area contributed by atoms with Gasteiger partial charge in [-0.3, -0.25) is 0 Å². The number of hydrogen-bond acceptors (Lipinski definition) is 2. The van der Waals surface area contributed by atoms with Crippen molar-refractivity contribution in [2.75, 3.05) is 11.2 Å². The molecule has 1 heterocycles. The SMILES string of the molecule is FC(F)(F)c1ccnc(NC2(CCl)CC2)c1. The fourth-order valence-electron chi connectivity index (χ4n) is 1.39. The van der Waals surface area contributed by atoms with E-state index >= 15 is 0 Å². The number of aromatic nitrogens is 1. The van der Waals surface area contributed by atoms with E-state index in [4.69, 9.17) is 11.6 Å². The topological polar surface area (TPSA) is 24.9 Å². The minimum atomic E-state index is -4.34. The zero-order chi connectivity index (χ0) is 11.8. The standard InChI is InChI=1S/C10H10ClF3N2/c11-6-9(2-3-9)16-8-5-7(1-4-15-8)10(12,13)14/h1,4-5H,2-3,6H2,(H,15,16). The molecular formula is C10H10ClF3N2. The van der Waals surface area contributed by atoms with Crippen LogP contribution in [0.2, 0.25) is 0 Å². The molecule has 2 rings (SSSR count). The van der Waals surface area contributed by atoms with E-state index in [0.29, 0.717) is 5.88 Å². The zero-order valence-electron chi connectivity index (χ0n) is 8.31. The number of alkyl halides is 4. The van der Waals surface area contributed by atoms with Crippen molar-refractivity contribution in [2.45, 2.75) is 24.6 Å². The molecule has 1 N–H and O–H groups in total. The third-order valence-electron chi connectivity index (χ3n) is 2.59. The molecule has 1 aromatic rings. The van der Waals surface area contributed by atoms with Gasteiger partial charge < -0.3 is 5.32 Å². The van der Waals surface area contributed by atoms with Crippen LogP contribution in [0.4, 0.5) is 19.0 Å². The largest absolute Gasteiger partial charge is 0.416 e. The number of nitrogens with one attached hydrogen (secondary N) is 1. The van der Waals surface area contributed by atoms with Crippen LogP contribution in [-0.2, 0) is 6.18 Å². The Bertz CT molecular complexity index is 388. The summed E-state index contributed by atoms with van der Waals surface area (Å²) in [5.74, 6) is 0.609. The molecule has 6 heteroatoms. The van der Waals surface area contributed by atoms with Gasteiger partial charge in [-0.25, -0.2) is 4.98 Å². The summed E-state index contributed by atoms with van der Waals surface area (Å²) in [6, 6.07) is 1.96. The van der Waals surface area contributed by atoms with Gasteiger partial charge in [-0.1, -0.05) is 0 Å². The van der Waals surface area contributed by atoms with Crippen LogP contribution in [0.5, 0.6) is 0 Å². The van der Waals surface area contributed by atoms with Crippen LogP contribution < -0.4 is 5.32 Å². The van der Waals surface area contributed by atoms with Crippen LogP contribution in [0.15, 0.2) is 18.3 Å². The Balaban J connectivity index is 2.17. The van der Waals surface area contributed by atoms with Gasteiger partial charge in [0.25, 0.3) is 0 Å². The van der Waals surface area contributed by atoms with Crippen LogP contribution in [0.25, 0.3) is 0 Å². The molecule has 16 heavy (non-hydrogen) atoms. The Morgan fingerprint density at radius 1 is 1.44 bits per heavy atom. The van der Waals surface area contributed by atoms with Crippen LogP contribution in [0, 0.1) is 0 Å². The first-order chi connectivity index (χ1) is 7.45. The van der Waals surface area contributed by atoms with Gasteiger partial charge in [-0.2, -0.15) is 13.2 Å². The summed E-state index contributed by atoms with van der Waals surface area (Å²) in [5.41, 5.74) is -0.950. The number of anilines is 1. The average molecular weight is 251 g/mol. The summed E-state index contributed by atoms with van der Waals surface area (Å²) in [6.45, 7) is 0. The first-order valence-corrected chi connectivity index (χ1v) is 5.36. The van der Waals surface area contributed by atoms with E-state index < -0.39 is 11.7 Å². The molecule has 0 saturated heterocycles. The second kappa shape index (κ2) is 3.80. The van der Waals surface area contributed by atoms with Gasteiger partial charge in [-0.05, 0) is 25.0 Å². The lowest BCUT2D eigenvalue weighted by Crippen LogP contribution is -2.23. The van der Waals surface area contributed by atoms with E-state index in [2.05, 4.69) is 10.3 Å². The highest BCUT2D eigenvalue weighted by atomic mass is 35.5. The molecule has 1 aromatic heterocycles. The highest BCUT2D eigenvalue weighted by Gasteiger charge is 2.42. The van der Waals surface area contributed by atoms with Crippen LogP contribution in [0.3, 0.4) is 0 Å². The second-order valence-corrected chi connectivity index (χ2v) is 4.23. The molecule has 0 radical (unpaired) electrons. The van der Waals surface area contributed by atoms with Gasteiger partial charge in [0.1, 0.15) is 5.82 Å². The highest BCUT2D eigenvalue weighted by Crippen LogP contribution is 2.40. The smallest absolute Gasteiger partial charge is 0.363 e. The van der Waals surface area contributed by atoms with Crippen molar-refractivity contribution in [3.05, 3.63) is 23.9 Å². The van der Waals surface area contributed by atoms with E-state index in [1.54, 1.807) is 0 Å². The first kappa shape index (κ1) is 11.5. The van der Waals surface area contributed by atoms with E-state index in [9.17, 15) is 13.2 Å². The lowest BCUT2D eigenvalue weighted by molar-refractivity contribution is -0.137. The molecule has 0 aliphatic heterocycles. The molecule has 1 aliphatic rings. The Hall–Kier alpha value is -0.970. The van der Waals surface area contributed by atoms with Crippen molar-refractivity contribution < 1.29 is 13.2 Å². The van der Waals surface area contributed by atoms with Crippen LogP contribution in [0.1, 0.15) is 18.4 Å². The molecule has 0 spiro atoms. The summed E-state index contributed by atoms with van der Waals surface area (Å²) in [4.78, 5) is 3.86. The number of hydrogen-bond donors (Lipinski definition) is 1. The number of pyridine rings is 1. The minimum Gasteiger partial charge on any atom is -0.363 e. The van der Waals surface area contributed by atoms with E-state index in [0.717, 1.165) is 31.2 Å². The van der Waals surface area contributed by atoms with E-state index in [1.807, 2.05) is 0 Å². The van der Waals surface area contributed by atoms with E-state index in [1.165, 1.54) is 0 Å². The Morgan fingerprint density at radius 2 is 2.12 bits per heavy atom. The van der Waals surface area contributed by atoms with Gasteiger partial charge in [0.05, 0.1) is 11.1 Å². The van der Waals surface area contributed by atoms with Gasteiger partial charge >= 0.3 is 6.18 Å². The fourth-order valence-corrected chi connectivity index (χ4v) is 1.72. The van der Waals surface area contributed by atoms with Crippen molar-refractivity contribution in [1.29, 1.82) is 0 Å². The average Bonchev–Trinajstić information content (AvgIpc) is 2.98. The van der Waals surface area contributed by atoms with Crippen molar-refractivity contribution in [3.63, 3.8) is 0 Å². The van der Waals surface area contributed by atoms with E-state index in [-0.39, 0.29) is 11.4 Å². The second-order valence-electron chi connectivity index (χ2n) is 3.97. The monoisotopic (exact) mass is 250 g/mol. The highest BCUT2D eigenvalue weighted by molar-refractivity contribution is 6.19. The van der Waals surface area contributed by atoms with Gasteiger partial charge in [0.15, 0.2) is 0 Å². The van der Waals surface area contributed by atoms with Gasteiger partial charge in [0.2, 0.25) is 0 Å². The summed E-state index contributed by atoms with van der Waals surface area (Å²) in [5, 5.41) is 2.95. The Morgan fingerprint density at radius 3 is 2.62 bits per heavy atom. The molecule has 88 valence electrons. The van der Waals surface area contributed by atoms with Crippen molar-refractivity contribution in [3.8, 4) is 0 Å². The Labute approximate surface area is 95.8 Å². The molecule has 1 fully saturated rings. The lowest BCUT2D eigenvalue weighted by Gasteiger charge is -2.15. The van der Waals surface area contributed by atoms with Crippen molar-refractivity contribution in [2.24, 2.45) is 0 Å². The van der Waals surface area contributed by atoms with Crippen LogP contribution in [-0.4, -0.2) is 16.4 Å². The summed E-state index contributed by atoms with van der Waals surface area (Å²) < 4.78 is 37.2. The molecule has 1 saturated carbocycles.